The molecule has 2 rings (SSSR count). The summed E-state index contributed by atoms with van der Waals surface area (Å²) in [5.41, 5.74) is 2.71. The molecule has 3 nitrogen and oxygen atoms in total. The van der Waals surface area contributed by atoms with Crippen LogP contribution in [-0.4, -0.2) is 12.5 Å². The van der Waals surface area contributed by atoms with E-state index in [9.17, 15) is 9.18 Å². The number of ether oxygens (including phenoxy) is 1. The summed E-state index contributed by atoms with van der Waals surface area (Å²) >= 11 is 3.16. The molecule has 2 aromatic rings. The van der Waals surface area contributed by atoms with Gasteiger partial charge in [-0.3, -0.25) is 4.79 Å². The molecule has 21 heavy (non-hydrogen) atoms. The summed E-state index contributed by atoms with van der Waals surface area (Å²) in [6.07, 6.45) is 0. The monoisotopic (exact) mass is 351 g/mol. The maximum absolute atomic E-state index is 13.6. The molecule has 0 fully saturated rings. The minimum Gasteiger partial charge on any atom is -0.481 e. The normalized spacial score (nSPS) is 10.3. The predicted molar refractivity (Wildman–Crippen MR) is 84.1 cm³/mol. The first kappa shape index (κ1) is 15.5. The number of rotatable bonds is 4. The summed E-state index contributed by atoms with van der Waals surface area (Å²) in [5.74, 6) is -0.783. The zero-order valence-corrected chi connectivity index (χ0v) is 13.3. The Morgan fingerprint density at radius 3 is 2.52 bits per heavy atom. The van der Waals surface area contributed by atoms with Crippen LogP contribution in [0.1, 0.15) is 11.1 Å². The molecule has 0 aliphatic rings. The van der Waals surface area contributed by atoms with Gasteiger partial charge in [-0.2, -0.15) is 0 Å². The van der Waals surface area contributed by atoms with Gasteiger partial charge >= 0.3 is 0 Å². The van der Waals surface area contributed by atoms with E-state index in [-0.39, 0.29) is 18.3 Å². The summed E-state index contributed by atoms with van der Waals surface area (Å²) < 4.78 is 19.4. The first-order chi connectivity index (χ1) is 9.97. The fraction of sp³-hybridized carbons (Fsp3) is 0.188. The van der Waals surface area contributed by atoms with Crippen LogP contribution < -0.4 is 10.1 Å². The van der Waals surface area contributed by atoms with Crippen LogP contribution in [0.25, 0.3) is 0 Å². The molecule has 0 aromatic heterocycles. The Hall–Kier alpha value is -1.88. The van der Waals surface area contributed by atoms with Gasteiger partial charge in [0.25, 0.3) is 5.91 Å². The van der Waals surface area contributed by atoms with E-state index < -0.39 is 5.82 Å². The second-order valence-corrected chi connectivity index (χ2v) is 5.59. The smallest absolute Gasteiger partial charge is 0.262 e. The fourth-order valence-corrected chi connectivity index (χ4v) is 2.26. The lowest BCUT2D eigenvalue weighted by Crippen LogP contribution is -2.21. The van der Waals surface area contributed by atoms with Crippen LogP contribution in [0.4, 0.5) is 10.1 Å². The van der Waals surface area contributed by atoms with Crippen LogP contribution in [-0.2, 0) is 4.79 Å². The topological polar surface area (TPSA) is 38.3 Å². The number of halogens is 2. The minimum absolute atomic E-state index is 0.0508. The van der Waals surface area contributed by atoms with Gasteiger partial charge in [0.2, 0.25) is 0 Å². The molecule has 0 aliphatic carbocycles. The lowest BCUT2D eigenvalue weighted by Gasteiger charge is -2.12. The van der Waals surface area contributed by atoms with E-state index in [4.69, 9.17) is 4.74 Å². The van der Waals surface area contributed by atoms with Crippen LogP contribution >= 0.6 is 15.9 Å². The highest BCUT2D eigenvalue weighted by molar-refractivity contribution is 9.10. The first-order valence-electron chi connectivity index (χ1n) is 6.41. The third-order valence-corrected chi connectivity index (χ3v) is 3.49. The Bertz CT molecular complexity index is 653. The van der Waals surface area contributed by atoms with Crippen LogP contribution in [0.15, 0.2) is 40.9 Å². The zero-order chi connectivity index (χ0) is 15.4. The first-order valence-corrected chi connectivity index (χ1v) is 7.20. The van der Waals surface area contributed by atoms with Crippen molar-refractivity contribution < 1.29 is 13.9 Å². The summed E-state index contributed by atoms with van der Waals surface area (Å²) in [6, 6.07) is 10.2. The van der Waals surface area contributed by atoms with E-state index in [0.717, 1.165) is 16.8 Å². The largest absolute Gasteiger partial charge is 0.481 e. The summed E-state index contributed by atoms with van der Waals surface area (Å²) in [6.45, 7) is 3.59. The van der Waals surface area contributed by atoms with Gasteiger partial charge < -0.3 is 10.1 Å². The van der Waals surface area contributed by atoms with Crippen LogP contribution in [0, 0.1) is 19.7 Å². The minimum atomic E-state index is -0.510. The molecular weight excluding hydrogens is 337 g/mol. The molecule has 0 saturated carbocycles. The molecule has 0 aliphatic heterocycles. The molecule has 2 aromatic carbocycles. The summed E-state index contributed by atoms with van der Waals surface area (Å²) in [5, 5.41) is 2.78. The zero-order valence-electron chi connectivity index (χ0n) is 11.7. The van der Waals surface area contributed by atoms with E-state index in [1.807, 2.05) is 32.0 Å². The Balaban J connectivity index is 1.99. The summed E-state index contributed by atoms with van der Waals surface area (Å²) in [4.78, 5) is 11.9. The van der Waals surface area contributed by atoms with E-state index in [2.05, 4.69) is 21.2 Å². The quantitative estimate of drug-likeness (QED) is 0.895. The standard InChI is InChI=1S/C16H15BrFNO2/c1-10-4-3-5-11(2)16(10)19-15(20)9-21-14-7-6-12(17)8-13(14)18/h3-8H,9H2,1-2H3,(H,19,20). The van der Waals surface area contributed by atoms with Crippen molar-refractivity contribution in [2.75, 3.05) is 11.9 Å². The molecule has 110 valence electrons. The van der Waals surface area contributed by atoms with Crippen LogP contribution in [0.2, 0.25) is 0 Å². The highest BCUT2D eigenvalue weighted by atomic mass is 79.9. The number of amides is 1. The van der Waals surface area contributed by atoms with Gasteiger partial charge in [0.1, 0.15) is 0 Å². The Kier molecular flexibility index (Phi) is 4.96. The molecule has 0 bridgehead atoms. The lowest BCUT2D eigenvalue weighted by molar-refractivity contribution is -0.118. The van der Waals surface area contributed by atoms with Crippen molar-refractivity contribution in [1.82, 2.24) is 0 Å². The van der Waals surface area contributed by atoms with Crippen molar-refractivity contribution in [1.29, 1.82) is 0 Å². The lowest BCUT2D eigenvalue weighted by atomic mass is 10.1. The summed E-state index contributed by atoms with van der Waals surface area (Å²) in [7, 11) is 0. The van der Waals surface area contributed by atoms with Gasteiger partial charge in [-0.05, 0) is 43.2 Å². The fourth-order valence-electron chi connectivity index (χ4n) is 1.92. The number of anilines is 1. The molecule has 0 saturated heterocycles. The molecule has 1 N–H and O–H groups in total. The molecule has 0 heterocycles. The predicted octanol–water partition coefficient (Wildman–Crippen LogP) is 4.22. The van der Waals surface area contributed by atoms with E-state index in [1.54, 1.807) is 6.07 Å². The van der Waals surface area contributed by atoms with Crippen molar-refractivity contribution in [3.8, 4) is 5.75 Å². The Morgan fingerprint density at radius 2 is 1.90 bits per heavy atom. The van der Waals surface area contributed by atoms with Crippen LogP contribution in [0.3, 0.4) is 0 Å². The number of carbonyl (C=O) groups is 1. The third-order valence-electron chi connectivity index (χ3n) is 3.00. The molecule has 0 atom stereocenters. The van der Waals surface area contributed by atoms with Gasteiger partial charge in [0.15, 0.2) is 18.2 Å². The van der Waals surface area contributed by atoms with Crippen molar-refractivity contribution in [2.45, 2.75) is 13.8 Å². The van der Waals surface area contributed by atoms with E-state index in [1.165, 1.54) is 12.1 Å². The maximum atomic E-state index is 13.6. The molecule has 0 spiro atoms. The second kappa shape index (κ2) is 6.72. The highest BCUT2D eigenvalue weighted by Crippen LogP contribution is 2.22. The van der Waals surface area contributed by atoms with Crippen molar-refractivity contribution in [3.05, 3.63) is 57.8 Å². The van der Waals surface area contributed by atoms with E-state index >= 15 is 0 Å². The average molecular weight is 352 g/mol. The number of hydrogen-bond acceptors (Lipinski definition) is 2. The van der Waals surface area contributed by atoms with Crippen LogP contribution in [0.5, 0.6) is 5.75 Å². The van der Waals surface area contributed by atoms with Crippen molar-refractivity contribution in [2.24, 2.45) is 0 Å². The van der Waals surface area contributed by atoms with Gasteiger partial charge in [-0.1, -0.05) is 34.1 Å². The number of carbonyl (C=O) groups excluding carboxylic acids is 1. The average Bonchev–Trinajstić information content (AvgIpc) is 2.42. The maximum Gasteiger partial charge on any atom is 0.262 e. The SMILES string of the molecule is Cc1cccc(C)c1NC(=O)COc1ccc(Br)cc1F. The number of para-hydroxylation sites is 1. The number of aryl methyl sites for hydroxylation is 2. The Labute approximate surface area is 131 Å². The number of hydrogen-bond donors (Lipinski definition) is 1. The molecule has 0 radical (unpaired) electrons. The van der Waals surface area contributed by atoms with Gasteiger partial charge in [0.05, 0.1) is 0 Å². The molecular formula is C16H15BrFNO2. The van der Waals surface area contributed by atoms with Crippen molar-refractivity contribution >= 4 is 27.5 Å². The van der Waals surface area contributed by atoms with Gasteiger partial charge in [-0.25, -0.2) is 4.39 Å². The van der Waals surface area contributed by atoms with E-state index in [0.29, 0.717) is 4.47 Å². The van der Waals surface area contributed by atoms with Gasteiger partial charge in [0, 0.05) is 10.2 Å². The number of nitrogens with one attached hydrogen (secondary N) is 1. The molecule has 1 amide bonds. The van der Waals surface area contributed by atoms with Gasteiger partial charge in [-0.15, -0.1) is 0 Å². The second-order valence-electron chi connectivity index (χ2n) is 4.68. The molecule has 0 unspecified atom stereocenters. The highest BCUT2D eigenvalue weighted by Gasteiger charge is 2.10. The van der Waals surface area contributed by atoms with Crippen molar-refractivity contribution in [3.63, 3.8) is 0 Å². The number of benzene rings is 2. The Morgan fingerprint density at radius 1 is 1.24 bits per heavy atom. The third kappa shape index (κ3) is 4.04. The molecule has 5 heteroatoms.